The molecule has 0 aliphatic heterocycles. The summed E-state index contributed by atoms with van der Waals surface area (Å²) in [6.07, 6.45) is 0.742. The van der Waals surface area contributed by atoms with Crippen LogP contribution in [0.3, 0.4) is 0 Å². The number of hydrogen-bond acceptors (Lipinski definition) is 2. The second-order valence-corrected chi connectivity index (χ2v) is 5.12. The summed E-state index contributed by atoms with van der Waals surface area (Å²) in [5, 5.41) is 12.8. The molecule has 0 saturated carbocycles. The number of halogens is 1. The van der Waals surface area contributed by atoms with Gasteiger partial charge < -0.3 is 10.4 Å². The number of amides is 2. The molecule has 0 heterocycles. The minimum absolute atomic E-state index is 0.176. The van der Waals surface area contributed by atoms with Crippen molar-refractivity contribution in [2.24, 2.45) is 0 Å². The molecular formula is C16H17ClN2O2. The van der Waals surface area contributed by atoms with Gasteiger partial charge in [0.2, 0.25) is 0 Å². The van der Waals surface area contributed by atoms with Crippen LogP contribution in [0.4, 0.5) is 10.5 Å². The molecule has 110 valence electrons. The van der Waals surface area contributed by atoms with Gasteiger partial charge in [0.1, 0.15) is 5.75 Å². The molecule has 0 fully saturated rings. The maximum absolute atomic E-state index is 12.0. The van der Waals surface area contributed by atoms with E-state index in [-0.39, 0.29) is 11.8 Å². The Kier molecular flexibility index (Phi) is 5.06. The highest BCUT2D eigenvalue weighted by atomic mass is 35.5. The van der Waals surface area contributed by atoms with Gasteiger partial charge in [-0.3, -0.25) is 4.90 Å². The van der Waals surface area contributed by atoms with Crippen LogP contribution in [0.2, 0.25) is 5.02 Å². The minimum Gasteiger partial charge on any atom is -0.508 e. The predicted octanol–water partition coefficient (Wildman–Crippen LogP) is 3.43. The molecule has 2 aromatic carbocycles. The van der Waals surface area contributed by atoms with E-state index in [1.807, 2.05) is 24.3 Å². The third-order valence-corrected chi connectivity index (χ3v) is 3.40. The van der Waals surface area contributed by atoms with Gasteiger partial charge in [0.05, 0.1) is 0 Å². The summed E-state index contributed by atoms with van der Waals surface area (Å²) in [5.41, 5.74) is 1.84. The molecule has 2 amide bonds. The molecule has 0 atom stereocenters. The van der Waals surface area contributed by atoms with Gasteiger partial charge in [0.15, 0.2) is 0 Å². The Bertz CT molecular complexity index is 597. The van der Waals surface area contributed by atoms with Gasteiger partial charge in [-0.05, 0) is 48.4 Å². The molecule has 0 saturated heterocycles. The fraction of sp³-hybridized carbons (Fsp3) is 0.188. The quantitative estimate of drug-likeness (QED) is 0.909. The lowest BCUT2D eigenvalue weighted by molar-refractivity contribution is 0.247. The van der Waals surface area contributed by atoms with Crippen molar-refractivity contribution in [2.75, 3.05) is 18.5 Å². The predicted molar refractivity (Wildman–Crippen MR) is 85.1 cm³/mol. The standard InChI is InChI=1S/C16H17ClN2O2/c1-19(14-6-8-15(20)9-7-14)16(21)18-11-10-12-2-4-13(17)5-3-12/h2-9,20H,10-11H2,1H3,(H,18,21). The van der Waals surface area contributed by atoms with Gasteiger partial charge in [-0.1, -0.05) is 23.7 Å². The van der Waals surface area contributed by atoms with E-state index in [0.717, 1.165) is 17.7 Å². The first-order valence-corrected chi connectivity index (χ1v) is 6.99. The molecule has 2 rings (SSSR count). The van der Waals surface area contributed by atoms with Crippen LogP contribution >= 0.6 is 11.6 Å². The van der Waals surface area contributed by atoms with E-state index in [0.29, 0.717) is 11.6 Å². The van der Waals surface area contributed by atoms with E-state index < -0.39 is 0 Å². The van der Waals surface area contributed by atoms with Gasteiger partial charge in [-0.15, -0.1) is 0 Å². The average Bonchev–Trinajstić information content (AvgIpc) is 2.49. The monoisotopic (exact) mass is 304 g/mol. The zero-order chi connectivity index (χ0) is 15.2. The van der Waals surface area contributed by atoms with E-state index in [1.165, 1.54) is 4.90 Å². The molecule has 0 aliphatic rings. The molecule has 0 radical (unpaired) electrons. The first-order valence-electron chi connectivity index (χ1n) is 6.61. The third kappa shape index (κ3) is 4.39. The van der Waals surface area contributed by atoms with Crippen LogP contribution in [-0.4, -0.2) is 24.7 Å². The highest BCUT2D eigenvalue weighted by Gasteiger charge is 2.09. The molecule has 0 aliphatic carbocycles. The van der Waals surface area contributed by atoms with Crippen molar-refractivity contribution in [3.63, 3.8) is 0 Å². The van der Waals surface area contributed by atoms with Crippen molar-refractivity contribution in [1.29, 1.82) is 0 Å². The van der Waals surface area contributed by atoms with E-state index in [9.17, 15) is 9.90 Å². The molecule has 2 N–H and O–H groups in total. The third-order valence-electron chi connectivity index (χ3n) is 3.14. The number of carbonyl (C=O) groups excluding carboxylic acids is 1. The second-order valence-electron chi connectivity index (χ2n) is 4.68. The summed E-state index contributed by atoms with van der Waals surface area (Å²) in [4.78, 5) is 13.5. The number of nitrogens with one attached hydrogen (secondary N) is 1. The van der Waals surface area contributed by atoms with Crippen molar-refractivity contribution >= 4 is 23.3 Å². The topological polar surface area (TPSA) is 52.6 Å². The number of phenols is 1. The maximum atomic E-state index is 12.0. The Morgan fingerprint density at radius 1 is 1.14 bits per heavy atom. The second kappa shape index (κ2) is 6.99. The molecule has 21 heavy (non-hydrogen) atoms. The van der Waals surface area contributed by atoms with Gasteiger partial charge in [-0.2, -0.15) is 0 Å². The Morgan fingerprint density at radius 3 is 2.38 bits per heavy atom. The summed E-state index contributed by atoms with van der Waals surface area (Å²) >= 11 is 5.82. The highest BCUT2D eigenvalue weighted by Crippen LogP contribution is 2.17. The van der Waals surface area contributed by atoms with Gasteiger partial charge in [0, 0.05) is 24.3 Å². The maximum Gasteiger partial charge on any atom is 0.321 e. The molecule has 5 heteroatoms. The SMILES string of the molecule is CN(C(=O)NCCc1ccc(Cl)cc1)c1ccc(O)cc1. The summed E-state index contributed by atoms with van der Waals surface area (Å²) in [6, 6.07) is 13.8. The number of carbonyl (C=O) groups is 1. The Balaban J connectivity index is 1.83. The van der Waals surface area contributed by atoms with E-state index in [4.69, 9.17) is 11.6 Å². The number of hydrogen-bond donors (Lipinski definition) is 2. The van der Waals surface area contributed by atoms with Gasteiger partial charge in [0.25, 0.3) is 0 Å². The Morgan fingerprint density at radius 2 is 1.76 bits per heavy atom. The molecular weight excluding hydrogens is 288 g/mol. The molecule has 0 aromatic heterocycles. The first-order chi connectivity index (χ1) is 10.1. The van der Waals surface area contributed by atoms with E-state index in [1.54, 1.807) is 31.3 Å². The smallest absolute Gasteiger partial charge is 0.321 e. The highest BCUT2D eigenvalue weighted by molar-refractivity contribution is 6.30. The van der Waals surface area contributed by atoms with Gasteiger partial charge in [-0.25, -0.2) is 4.79 Å². The van der Waals surface area contributed by atoms with Crippen LogP contribution in [0.5, 0.6) is 5.75 Å². The van der Waals surface area contributed by atoms with Crippen molar-refractivity contribution < 1.29 is 9.90 Å². The lowest BCUT2D eigenvalue weighted by Gasteiger charge is -2.18. The van der Waals surface area contributed by atoms with Crippen LogP contribution in [0.25, 0.3) is 0 Å². The normalized spacial score (nSPS) is 10.2. The van der Waals surface area contributed by atoms with Crippen molar-refractivity contribution in [1.82, 2.24) is 5.32 Å². The number of aromatic hydroxyl groups is 1. The Hall–Kier alpha value is -2.20. The number of nitrogens with zero attached hydrogens (tertiary/aromatic N) is 1. The molecule has 2 aromatic rings. The zero-order valence-corrected chi connectivity index (χ0v) is 12.5. The lowest BCUT2D eigenvalue weighted by Crippen LogP contribution is -2.38. The number of benzene rings is 2. The van der Waals surface area contributed by atoms with E-state index in [2.05, 4.69) is 5.32 Å². The van der Waals surface area contributed by atoms with Crippen LogP contribution in [-0.2, 0) is 6.42 Å². The van der Waals surface area contributed by atoms with Crippen LogP contribution in [0.15, 0.2) is 48.5 Å². The summed E-state index contributed by atoms with van der Waals surface area (Å²) in [6.45, 7) is 0.545. The van der Waals surface area contributed by atoms with Crippen LogP contribution in [0.1, 0.15) is 5.56 Å². The lowest BCUT2D eigenvalue weighted by atomic mass is 10.1. The fourth-order valence-electron chi connectivity index (χ4n) is 1.88. The number of urea groups is 1. The number of anilines is 1. The summed E-state index contributed by atoms with van der Waals surface area (Å²) < 4.78 is 0. The fourth-order valence-corrected chi connectivity index (χ4v) is 2.00. The van der Waals surface area contributed by atoms with Crippen molar-refractivity contribution in [3.8, 4) is 5.75 Å². The summed E-state index contributed by atoms with van der Waals surface area (Å²) in [5.74, 6) is 0.176. The largest absolute Gasteiger partial charge is 0.508 e. The van der Waals surface area contributed by atoms with Crippen LogP contribution < -0.4 is 10.2 Å². The minimum atomic E-state index is -0.186. The zero-order valence-electron chi connectivity index (χ0n) is 11.7. The molecule has 0 spiro atoms. The number of phenolic OH excluding ortho intramolecular Hbond substituents is 1. The van der Waals surface area contributed by atoms with Crippen molar-refractivity contribution in [2.45, 2.75) is 6.42 Å². The molecule has 0 bridgehead atoms. The molecule has 4 nitrogen and oxygen atoms in total. The van der Waals surface area contributed by atoms with Gasteiger partial charge >= 0.3 is 6.03 Å². The van der Waals surface area contributed by atoms with E-state index >= 15 is 0 Å². The number of rotatable bonds is 4. The molecule has 0 unspecified atom stereocenters. The van der Waals surface area contributed by atoms with Crippen molar-refractivity contribution in [3.05, 3.63) is 59.1 Å². The first kappa shape index (κ1) is 15.2. The average molecular weight is 305 g/mol. The Labute approximate surface area is 129 Å². The summed E-state index contributed by atoms with van der Waals surface area (Å²) in [7, 11) is 1.68. The van der Waals surface area contributed by atoms with Crippen LogP contribution in [0, 0.1) is 0 Å².